The Morgan fingerprint density at radius 1 is 0.227 bits per heavy atom. The summed E-state index contributed by atoms with van der Waals surface area (Å²) < 4.78 is 0. The molecule has 0 bridgehead atoms. The molecule has 0 amide bonds. The highest BCUT2D eigenvalue weighted by molar-refractivity contribution is 5.98. The van der Waals surface area contributed by atoms with Crippen molar-refractivity contribution in [3.05, 3.63) is 302 Å². The monoisotopic (exact) mass is 958 g/mol. The van der Waals surface area contributed by atoms with Gasteiger partial charge in [-0.25, -0.2) is 0 Å². The van der Waals surface area contributed by atoms with Crippen molar-refractivity contribution in [1.82, 2.24) is 0 Å². The zero-order valence-corrected chi connectivity index (χ0v) is 42.1. The van der Waals surface area contributed by atoms with Crippen molar-refractivity contribution in [2.24, 2.45) is 0 Å². The normalized spacial score (nSPS) is 12.2. The van der Waals surface area contributed by atoms with Crippen LogP contribution in [0.4, 0.5) is 34.1 Å². The average molecular weight is 959 g/mol. The first-order valence-corrected chi connectivity index (χ1v) is 26.0. The molecule has 1 aliphatic carbocycles. The lowest BCUT2D eigenvalue weighted by molar-refractivity contribution is 0.660. The van der Waals surface area contributed by atoms with Gasteiger partial charge in [0.15, 0.2) is 0 Å². The molecule has 0 unspecified atom stereocenters. The zero-order valence-electron chi connectivity index (χ0n) is 42.1. The Morgan fingerprint density at radius 2 is 0.573 bits per heavy atom. The van der Waals surface area contributed by atoms with Crippen molar-refractivity contribution in [2.45, 2.75) is 19.3 Å². The van der Waals surface area contributed by atoms with E-state index in [9.17, 15) is 0 Å². The van der Waals surface area contributed by atoms with E-state index in [1.807, 2.05) is 0 Å². The van der Waals surface area contributed by atoms with E-state index in [0.29, 0.717) is 0 Å². The highest BCUT2D eigenvalue weighted by Gasteiger charge is 2.36. The van der Waals surface area contributed by atoms with E-state index in [1.165, 1.54) is 77.5 Å². The maximum absolute atomic E-state index is 2.42. The fourth-order valence-electron chi connectivity index (χ4n) is 11.5. The second-order valence-electron chi connectivity index (χ2n) is 20.1. The summed E-state index contributed by atoms with van der Waals surface area (Å²) in [5, 5.41) is 2.50. The van der Waals surface area contributed by atoms with Gasteiger partial charge in [0.1, 0.15) is 0 Å². The molecule has 12 aromatic carbocycles. The minimum absolute atomic E-state index is 0.140. The summed E-state index contributed by atoms with van der Waals surface area (Å²) in [7, 11) is 0. The van der Waals surface area contributed by atoms with E-state index in [4.69, 9.17) is 0 Å². The van der Waals surface area contributed by atoms with Crippen LogP contribution in [0.25, 0.3) is 77.5 Å². The third-order valence-corrected chi connectivity index (χ3v) is 15.3. The fourth-order valence-corrected chi connectivity index (χ4v) is 11.5. The molecule has 0 spiro atoms. The van der Waals surface area contributed by atoms with Crippen molar-refractivity contribution < 1.29 is 0 Å². The lowest BCUT2D eigenvalue weighted by Gasteiger charge is -2.28. The summed E-state index contributed by atoms with van der Waals surface area (Å²) in [6.45, 7) is 4.72. The molecule has 13 rings (SSSR count). The Kier molecular flexibility index (Phi) is 11.6. The van der Waals surface area contributed by atoms with Crippen LogP contribution in [-0.2, 0) is 5.41 Å². The number of rotatable bonds is 11. The molecule has 0 saturated carbocycles. The third-order valence-electron chi connectivity index (χ3n) is 15.3. The summed E-state index contributed by atoms with van der Waals surface area (Å²) in [6.07, 6.45) is 0. The molecule has 0 aliphatic heterocycles. The van der Waals surface area contributed by atoms with Crippen LogP contribution in [0.1, 0.15) is 25.0 Å². The van der Waals surface area contributed by atoms with Crippen molar-refractivity contribution in [1.29, 1.82) is 0 Å². The van der Waals surface area contributed by atoms with Gasteiger partial charge in [0.2, 0.25) is 0 Å². The average Bonchev–Trinajstić information content (AvgIpc) is 3.74. The predicted octanol–water partition coefficient (Wildman–Crippen LogP) is 20.4. The summed E-state index contributed by atoms with van der Waals surface area (Å²) >= 11 is 0. The maximum atomic E-state index is 2.42. The number of anilines is 6. The van der Waals surface area contributed by atoms with Crippen LogP contribution in [0.15, 0.2) is 291 Å². The Balaban J connectivity index is 0.932. The third kappa shape index (κ3) is 8.37. The van der Waals surface area contributed by atoms with Crippen LogP contribution < -0.4 is 9.80 Å². The lowest BCUT2D eigenvalue weighted by atomic mass is 9.82. The largest absolute Gasteiger partial charge is 0.311 e. The van der Waals surface area contributed by atoms with Crippen LogP contribution in [0.2, 0.25) is 0 Å². The molecule has 1 aliphatic rings. The molecule has 0 fully saturated rings. The molecule has 0 N–H and O–H groups in total. The highest BCUT2D eigenvalue weighted by Crippen LogP contribution is 2.51. The van der Waals surface area contributed by atoms with Crippen LogP contribution in [-0.4, -0.2) is 0 Å². The zero-order chi connectivity index (χ0) is 50.3. The number of hydrogen-bond donors (Lipinski definition) is 0. The summed E-state index contributed by atoms with van der Waals surface area (Å²) in [5.74, 6) is 0. The van der Waals surface area contributed by atoms with E-state index in [-0.39, 0.29) is 5.41 Å². The quantitative estimate of drug-likeness (QED) is 0.127. The van der Waals surface area contributed by atoms with E-state index in [0.717, 1.165) is 45.3 Å². The first-order valence-electron chi connectivity index (χ1n) is 26.0. The lowest BCUT2D eigenvalue weighted by Crippen LogP contribution is -2.16. The molecule has 356 valence electrons. The van der Waals surface area contributed by atoms with E-state index in [1.54, 1.807) is 0 Å². The Morgan fingerprint density at radius 3 is 1.09 bits per heavy atom. The number of fused-ring (bicyclic) bond motifs is 4. The molecular formula is C73H54N2. The first-order chi connectivity index (χ1) is 37.0. The molecule has 0 atom stereocenters. The van der Waals surface area contributed by atoms with Gasteiger partial charge in [0, 0.05) is 39.5 Å². The minimum Gasteiger partial charge on any atom is -0.311 e. The number of hydrogen-bond acceptors (Lipinski definition) is 2. The van der Waals surface area contributed by atoms with Crippen LogP contribution >= 0.6 is 0 Å². The summed E-state index contributed by atoms with van der Waals surface area (Å²) in [4.78, 5) is 4.74. The first kappa shape index (κ1) is 45.4. The number of benzene rings is 12. The fraction of sp³-hybridized carbons (Fsp3) is 0.0411. The van der Waals surface area contributed by atoms with E-state index < -0.39 is 0 Å². The standard InChI is InChI=1S/C73H54N2/c1-73(2)71-33-18-17-31-65(71)66-47-46-62(48-72(66)73)75(60-40-34-54(35-41-60)64-32-19-25-51-24-15-16-30-63(51)64)61-44-38-56(39-45-61)70-50-67(52-20-7-3-8-21-52)69(49-68(70)53-22-9-4-10-23-53)55-36-42-59(43-37-55)74(57-26-11-5-12-27-57)58-28-13-6-14-29-58/h3-50H,1-2H3. The molecule has 2 nitrogen and oxygen atoms in total. The summed E-state index contributed by atoms with van der Waals surface area (Å²) in [6, 6.07) is 106. The Hall–Kier alpha value is -9.50. The smallest absolute Gasteiger partial charge is 0.0465 e. The molecule has 0 aromatic heterocycles. The topological polar surface area (TPSA) is 6.48 Å². The van der Waals surface area contributed by atoms with Crippen molar-refractivity contribution in [3.8, 4) is 66.8 Å². The van der Waals surface area contributed by atoms with Gasteiger partial charge in [-0.2, -0.15) is 0 Å². The number of para-hydroxylation sites is 2. The molecule has 0 saturated heterocycles. The van der Waals surface area contributed by atoms with Gasteiger partial charge in [0.25, 0.3) is 0 Å². The molecule has 2 heteroatoms. The van der Waals surface area contributed by atoms with Crippen LogP contribution in [0.3, 0.4) is 0 Å². The molecule has 0 radical (unpaired) electrons. The minimum atomic E-state index is -0.140. The van der Waals surface area contributed by atoms with Gasteiger partial charge in [-0.15, -0.1) is 0 Å². The highest BCUT2D eigenvalue weighted by atomic mass is 15.1. The van der Waals surface area contributed by atoms with Gasteiger partial charge in [-0.05, 0) is 174 Å². The molecular weight excluding hydrogens is 905 g/mol. The van der Waals surface area contributed by atoms with E-state index in [2.05, 4.69) is 315 Å². The Bertz CT molecular complexity index is 3930. The molecule has 0 heterocycles. The van der Waals surface area contributed by atoms with E-state index >= 15 is 0 Å². The second-order valence-corrected chi connectivity index (χ2v) is 20.1. The van der Waals surface area contributed by atoms with Gasteiger partial charge >= 0.3 is 0 Å². The molecule has 12 aromatic rings. The van der Waals surface area contributed by atoms with Gasteiger partial charge in [0.05, 0.1) is 0 Å². The van der Waals surface area contributed by atoms with Crippen molar-refractivity contribution in [3.63, 3.8) is 0 Å². The summed E-state index contributed by atoms with van der Waals surface area (Å²) in [5.41, 5.74) is 23.6. The van der Waals surface area contributed by atoms with Gasteiger partial charge in [-0.3, -0.25) is 0 Å². The number of nitrogens with zero attached hydrogens (tertiary/aromatic N) is 2. The van der Waals surface area contributed by atoms with Crippen molar-refractivity contribution in [2.75, 3.05) is 9.80 Å². The Labute approximate surface area is 440 Å². The van der Waals surface area contributed by atoms with Crippen LogP contribution in [0, 0.1) is 0 Å². The SMILES string of the molecule is CC1(C)c2ccccc2-c2ccc(N(c3ccc(-c4cc(-c5ccccc5)c(-c5ccc(N(c6ccccc6)c6ccccc6)cc5)cc4-c4ccccc4)cc3)c3ccc(-c4cccc5ccccc45)cc3)cc21. The molecule has 75 heavy (non-hydrogen) atoms. The van der Waals surface area contributed by atoms with Crippen LogP contribution in [0.5, 0.6) is 0 Å². The van der Waals surface area contributed by atoms with Gasteiger partial charge < -0.3 is 9.80 Å². The van der Waals surface area contributed by atoms with Gasteiger partial charge in [-0.1, -0.05) is 220 Å². The maximum Gasteiger partial charge on any atom is 0.0465 e. The second kappa shape index (κ2) is 19.2. The van der Waals surface area contributed by atoms with Crippen molar-refractivity contribution >= 4 is 44.9 Å². The predicted molar refractivity (Wildman–Crippen MR) is 318 cm³/mol.